The molecule has 0 atom stereocenters. The molecule has 0 aliphatic carbocycles. The fraction of sp³-hybridized carbons (Fsp3) is 0.333. The summed E-state index contributed by atoms with van der Waals surface area (Å²) in [7, 11) is 0. The number of hydrogen-bond donors (Lipinski definition) is 6. The van der Waals surface area contributed by atoms with E-state index in [9.17, 15) is 19.2 Å². The first-order chi connectivity index (χ1) is 10.3. The predicted molar refractivity (Wildman–Crippen MR) is 74.6 cm³/mol. The average Bonchev–Trinajstić information content (AvgIpc) is 2.46. The van der Waals surface area contributed by atoms with Crippen LogP contribution in [0.1, 0.15) is 0 Å². The molecule has 0 aromatic rings. The minimum atomic E-state index is -1.26. The van der Waals surface area contributed by atoms with Crippen LogP contribution in [0.4, 0.5) is 0 Å². The number of aliphatic carboxylic acids is 4. The van der Waals surface area contributed by atoms with Crippen molar-refractivity contribution in [2.45, 2.75) is 0 Å². The van der Waals surface area contributed by atoms with Crippen LogP contribution in [0.5, 0.6) is 0 Å². The Hall–Kier alpha value is -2.72. The van der Waals surface area contributed by atoms with E-state index in [2.05, 4.69) is 10.6 Å². The summed E-state index contributed by atoms with van der Waals surface area (Å²) in [5.74, 6) is -5.03. The lowest BCUT2D eigenvalue weighted by Crippen LogP contribution is -2.39. The van der Waals surface area contributed by atoms with Crippen LogP contribution in [0.25, 0.3) is 0 Å². The zero-order valence-electron chi connectivity index (χ0n) is 11.6. The molecule has 0 unspecified atom stereocenters. The second-order valence-corrected chi connectivity index (χ2v) is 3.52. The number of nitrogens with one attached hydrogen (secondary N) is 2. The van der Waals surface area contributed by atoms with Gasteiger partial charge < -0.3 is 31.1 Å². The van der Waals surface area contributed by atoms with E-state index < -0.39 is 23.9 Å². The van der Waals surface area contributed by atoms with Gasteiger partial charge in [-0.25, -0.2) is 19.2 Å². The van der Waals surface area contributed by atoms with Crippen LogP contribution in [0.15, 0.2) is 24.3 Å². The van der Waals surface area contributed by atoms with Crippen molar-refractivity contribution in [2.75, 3.05) is 26.2 Å². The van der Waals surface area contributed by atoms with E-state index in [0.717, 1.165) is 26.2 Å². The van der Waals surface area contributed by atoms with Gasteiger partial charge in [0.05, 0.1) is 0 Å². The molecule has 0 saturated carbocycles. The third-order valence-corrected chi connectivity index (χ3v) is 1.69. The van der Waals surface area contributed by atoms with Gasteiger partial charge in [0.25, 0.3) is 0 Å². The highest BCUT2D eigenvalue weighted by Gasteiger charge is 1.91. The summed E-state index contributed by atoms with van der Waals surface area (Å²) in [6.45, 7) is 4.56. The monoisotopic (exact) mass is 318 g/mol. The Kier molecular flexibility index (Phi) is 14.4. The van der Waals surface area contributed by atoms with Gasteiger partial charge >= 0.3 is 23.9 Å². The molecule has 0 bridgehead atoms. The fourth-order valence-electron chi connectivity index (χ4n) is 0.889. The number of rotatable bonds is 4. The van der Waals surface area contributed by atoms with Crippen molar-refractivity contribution in [3.63, 3.8) is 0 Å². The Morgan fingerprint density at radius 3 is 0.818 bits per heavy atom. The normalized spacial score (nSPS) is 13.5. The van der Waals surface area contributed by atoms with Gasteiger partial charge in [-0.15, -0.1) is 0 Å². The minimum Gasteiger partial charge on any atom is -0.478 e. The highest BCUT2D eigenvalue weighted by atomic mass is 16.4. The molecule has 1 rings (SSSR count). The first kappa shape index (κ1) is 21.6. The molecule has 0 aromatic carbocycles. The van der Waals surface area contributed by atoms with Gasteiger partial charge in [-0.1, -0.05) is 0 Å². The third kappa shape index (κ3) is 26.0. The maximum Gasteiger partial charge on any atom is 0.328 e. The first-order valence-corrected chi connectivity index (χ1v) is 5.95. The van der Waals surface area contributed by atoms with E-state index in [1.807, 2.05) is 0 Å². The van der Waals surface area contributed by atoms with E-state index in [4.69, 9.17) is 20.4 Å². The molecule has 0 amide bonds. The topological polar surface area (TPSA) is 173 Å². The zero-order chi connectivity index (χ0) is 17.4. The van der Waals surface area contributed by atoms with Gasteiger partial charge in [0.1, 0.15) is 0 Å². The molecule has 124 valence electrons. The van der Waals surface area contributed by atoms with E-state index in [0.29, 0.717) is 24.3 Å². The average molecular weight is 318 g/mol. The summed E-state index contributed by atoms with van der Waals surface area (Å²) in [5, 5.41) is 37.7. The maximum absolute atomic E-state index is 9.55. The Labute approximate surface area is 125 Å². The summed E-state index contributed by atoms with van der Waals surface area (Å²) in [4.78, 5) is 38.2. The number of carboxylic acid groups (broad SMARTS) is 4. The van der Waals surface area contributed by atoms with Crippen LogP contribution in [-0.2, 0) is 19.2 Å². The van der Waals surface area contributed by atoms with Crippen molar-refractivity contribution in [2.24, 2.45) is 0 Å². The molecular formula is C12H18N2O8. The van der Waals surface area contributed by atoms with Crippen molar-refractivity contribution in [1.29, 1.82) is 0 Å². The molecule has 0 aromatic heterocycles. The van der Waals surface area contributed by atoms with Crippen molar-refractivity contribution in [3.05, 3.63) is 24.3 Å². The van der Waals surface area contributed by atoms with E-state index in [1.165, 1.54) is 0 Å². The largest absolute Gasteiger partial charge is 0.478 e. The van der Waals surface area contributed by atoms with Crippen LogP contribution in [0.2, 0.25) is 0 Å². The lowest BCUT2D eigenvalue weighted by atomic mass is 10.4. The molecule has 6 N–H and O–H groups in total. The summed E-state index contributed by atoms with van der Waals surface area (Å²) in [6.07, 6.45) is 2.23. The Morgan fingerprint density at radius 2 is 0.727 bits per heavy atom. The molecule has 10 nitrogen and oxygen atoms in total. The molecule has 22 heavy (non-hydrogen) atoms. The molecule has 1 fully saturated rings. The summed E-state index contributed by atoms with van der Waals surface area (Å²) < 4.78 is 0. The maximum atomic E-state index is 9.55. The highest BCUT2D eigenvalue weighted by molar-refractivity contribution is 5.90. The second-order valence-electron chi connectivity index (χ2n) is 3.52. The SMILES string of the molecule is C1CNCCN1.O=C(O)/C=C/C(=O)O.O=C(O)/C=C/C(=O)O. The van der Waals surface area contributed by atoms with Gasteiger partial charge in [-0.2, -0.15) is 0 Å². The van der Waals surface area contributed by atoms with E-state index in [1.54, 1.807) is 0 Å². The van der Waals surface area contributed by atoms with Gasteiger partial charge in [0.15, 0.2) is 0 Å². The lowest BCUT2D eigenvalue weighted by Gasteiger charge is -2.11. The molecular weight excluding hydrogens is 300 g/mol. The summed E-state index contributed by atoms with van der Waals surface area (Å²) >= 11 is 0. The molecule has 1 heterocycles. The van der Waals surface area contributed by atoms with E-state index >= 15 is 0 Å². The van der Waals surface area contributed by atoms with Crippen LogP contribution in [-0.4, -0.2) is 70.5 Å². The smallest absolute Gasteiger partial charge is 0.328 e. The van der Waals surface area contributed by atoms with Crippen molar-refractivity contribution < 1.29 is 39.6 Å². The number of hydrogen-bond acceptors (Lipinski definition) is 6. The quantitative estimate of drug-likeness (QED) is 0.338. The van der Waals surface area contributed by atoms with Crippen molar-refractivity contribution in [1.82, 2.24) is 10.6 Å². The molecule has 1 aliphatic rings. The molecule has 1 saturated heterocycles. The third-order valence-electron chi connectivity index (χ3n) is 1.69. The Balaban J connectivity index is 0. The number of piperazine rings is 1. The zero-order valence-corrected chi connectivity index (χ0v) is 11.6. The summed E-state index contributed by atoms with van der Waals surface area (Å²) in [5.41, 5.74) is 0. The lowest BCUT2D eigenvalue weighted by molar-refractivity contribution is -0.134. The molecule has 0 spiro atoms. The van der Waals surface area contributed by atoms with Crippen molar-refractivity contribution in [3.8, 4) is 0 Å². The summed E-state index contributed by atoms with van der Waals surface area (Å²) in [6, 6.07) is 0. The number of carboxylic acids is 4. The van der Waals surface area contributed by atoms with E-state index in [-0.39, 0.29) is 0 Å². The Bertz CT molecular complexity index is 349. The number of carbonyl (C=O) groups is 4. The van der Waals surface area contributed by atoms with Crippen LogP contribution < -0.4 is 10.6 Å². The van der Waals surface area contributed by atoms with Crippen LogP contribution in [0.3, 0.4) is 0 Å². The molecule has 10 heteroatoms. The Morgan fingerprint density at radius 1 is 0.545 bits per heavy atom. The standard InChI is InChI=1S/C4H10N2.2C4H4O4/c1-2-6-4-3-5-1;2*5-3(6)1-2-4(7)8/h5-6H,1-4H2;2*1-2H,(H,5,6)(H,7,8)/b;2*2-1+. The van der Waals surface area contributed by atoms with Gasteiger partial charge in [-0.3, -0.25) is 0 Å². The van der Waals surface area contributed by atoms with Crippen LogP contribution >= 0.6 is 0 Å². The van der Waals surface area contributed by atoms with Gasteiger partial charge in [-0.05, 0) is 0 Å². The second kappa shape index (κ2) is 14.7. The van der Waals surface area contributed by atoms with Crippen LogP contribution in [0, 0.1) is 0 Å². The first-order valence-electron chi connectivity index (χ1n) is 5.95. The van der Waals surface area contributed by atoms with Gasteiger partial charge in [0, 0.05) is 50.5 Å². The van der Waals surface area contributed by atoms with Gasteiger partial charge in [0.2, 0.25) is 0 Å². The van der Waals surface area contributed by atoms with Crippen molar-refractivity contribution >= 4 is 23.9 Å². The predicted octanol–water partition coefficient (Wildman–Crippen LogP) is -1.40. The fourth-order valence-corrected chi connectivity index (χ4v) is 0.889. The highest BCUT2D eigenvalue weighted by Crippen LogP contribution is 1.71. The molecule has 1 aliphatic heterocycles. The molecule has 0 radical (unpaired) electrons. The minimum absolute atomic E-state index is 0.558.